The Labute approximate surface area is 175 Å². The first kappa shape index (κ1) is 21.5. The van der Waals surface area contributed by atoms with Crippen molar-refractivity contribution in [2.45, 2.75) is 24.8 Å². The minimum absolute atomic E-state index is 0.0835. The SMILES string of the molecule is Cc1ccc(Cl)cc1N1CCN(C(=O)[C@@H](C)NS(=O)(=O)c2ccc(F)cc2)CC1. The summed E-state index contributed by atoms with van der Waals surface area (Å²) < 4.78 is 40.2. The average molecular weight is 440 g/mol. The molecule has 1 amide bonds. The summed E-state index contributed by atoms with van der Waals surface area (Å²) in [4.78, 5) is 16.5. The summed E-state index contributed by atoms with van der Waals surface area (Å²) >= 11 is 6.10. The lowest BCUT2D eigenvalue weighted by atomic mass is 10.1. The van der Waals surface area contributed by atoms with Crippen molar-refractivity contribution >= 4 is 33.2 Å². The molecule has 0 aliphatic carbocycles. The summed E-state index contributed by atoms with van der Waals surface area (Å²) in [5, 5.41) is 0.660. The van der Waals surface area contributed by atoms with Crippen molar-refractivity contribution < 1.29 is 17.6 Å². The zero-order valence-corrected chi connectivity index (χ0v) is 17.8. The molecule has 0 aromatic heterocycles. The molecule has 9 heteroatoms. The van der Waals surface area contributed by atoms with E-state index in [0.29, 0.717) is 31.2 Å². The van der Waals surface area contributed by atoms with Gasteiger partial charge in [-0.15, -0.1) is 0 Å². The maximum absolute atomic E-state index is 13.0. The molecule has 0 unspecified atom stereocenters. The lowest BCUT2D eigenvalue weighted by Gasteiger charge is -2.37. The summed E-state index contributed by atoms with van der Waals surface area (Å²) in [7, 11) is -3.91. The van der Waals surface area contributed by atoms with Crippen LogP contribution in [0.4, 0.5) is 10.1 Å². The molecule has 2 aromatic rings. The van der Waals surface area contributed by atoms with Gasteiger partial charge < -0.3 is 9.80 Å². The Bertz CT molecular complexity index is 991. The number of nitrogens with one attached hydrogen (secondary N) is 1. The summed E-state index contributed by atoms with van der Waals surface area (Å²) in [5.41, 5.74) is 2.14. The van der Waals surface area contributed by atoms with Crippen molar-refractivity contribution in [2.75, 3.05) is 31.1 Å². The predicted octanol–water partition coefficient (Wildman–Crippen LogP) is 2.80. The number of rotatable bonds is 5. The highest BCUT2D eigenvalue weighted by Crippen LogP contribution is 2.25. The van der Waals surface area contributed by atoms with Gasteiger partial charge in [0.1, 0.15) is 5.82 Å². The van der Waals surface area contributed by atoms with Crippen LogP contribution in [0.5, 0.6) is 0 Å². The maximum atomic E-state index is 13.0. The molecule has 0 spiro atoms. The van der Waals surface area contributed by atoms with Crippen molar-refractivity contribution in [1.82, 2.24) is 9.62 Å². The second kappa shape index (κ2) is 8.69. The fourth-order valence-corrected chi connectivity index (χ4v) is 4.69. The van der Waals surface area contributed by atoms with Crippen molar-refractivity contribution in [3.63, 3.8) is 0 Å². The first-order valence-corrected chi connectivity index (χ1v) is 11.1. The molecule has 0 radical (unpaired) electrons. The van der Waals surface area contributed by atoms with Crippen LogP contribution in [0.1, 0.15) is 12.5 Å². The molecule has 1 heterocycles. The van der Waals surface area contributed by atoms with E-state index in [4.69, 9.17) is 11.6 Å². The number of halogens is 2. The first-order chi connectivity index (χ1) is 13.7. The molecular weight excluding hydrogens is 417 g/mol. The highest BCUT2D eigenvalue weighted by Gasteiger charge is 2.28. The third-order valence-corrected chi connectivity index (χ3v) is 6.72. The first-order valence-electron chi connectivity index (χ1n) is 9.25. The molecule has 3 rings (SSSR count). The highest BCUT2D eigenvalue weighted by atomic mass is 35.5. The Balaban J connectivity index is 1.61. The van der Waals surface area contributed by atoms with E-state index in [1.54, 1.807) is 4.90 Å². The van der Waals surface area contributed by atoms with E-state index < -0.39 is 21.9 Å². The number of anilines is 1. The molecule has 1 aliphatic heterocycles. The molecule has 1 N–H and O–H groups in total. The summed E-state index contributed by atoms with van der Waals surface area (Å²) in [6, 6.07) is 9.26. The van der Waals surface area contributed by atoms with Gasteiger partial charge in [0, 0.05) is 36.9 Å². The molecule has 2 aromatic carbocycles. The van der Waals surface area contributed by atoms with Crippen LogP contribution in [0, 0.1) is 12.7 Å². The minimum Gasteiger partial charge on any atom is -0.368 e. The molecule has 29 heavy (non-hydrogen) atoms. The Morgan fingerprint density at radius 1 is 1.10 bits per heavy atom. The van der Waals surface area contributed by atoms with Crippen molar-refractivity contribution in [2.24, 2.45) is 0 Å². The number of aryl methyl sites for hydroxylation is 1. The standard InChI is InChI=1S/C20H23ClFN3O3S/c1-14-3-4-16(21)13-19(14)24-9-11-25(12-10-24)20(26)15(2)23-29(27,28)18-7-5-17(22)6-8-18/h3-8,13,15,23H,9-12H2,1-2H3/t15-/m1/s1. The Morgan fingerprint density at radius 3 is 2.34 bits per heavy atom. The van der Waals surface area contributed by atoms with Crippen LogP contribution in [-0.2, 0) is 14.8 Å². The van der Waals surface area contributed by atoms with Crippen LogP contribution in [0.2, 0.25) is 5.02 Å². The van der Waals surface area contributed by atoms with Gasteiger partial charge in [0.05, 0.1) is 10.9 Å². The van der Waals surface area contributed by atoms with Crippen LogP contribution in [0.15, 0.2) is 47.4 Å². The number of benzene rings is 2. The maximum Gasteiger partial charge on any atom is 0.241 e. The number of carbonyl (C=O) groups is 1. The number of sulfonamides is 1. The summed E-state index contributed by atoms with van der Waals surface area (Å²) in [6.45, 7) is 5.74. The lowest BCUT2D eigenvalue weighted by Crippen LogP contribution is -2.54. The second-order valence-corrected chi connectivity index (χ2v) is 9.19. The Hall–Kier alpha value is -2.16. The Morgan fingerprint density at radius 2 is 1.72 bits per heavy atom. The topological polar surface area (TPSA) is 69.7 Å². The minimum atomic E-state index is -3.91. The third-order valence-electron chi connectivity index (χ3n) is 4.93. The van der Waals surface area contributed by atoms with Gasteiger partial charge >= 0.3 is 0 Å². The van der Waals surface area contributed by atoms with Crippen LogP contribution < -0.4 is 9.62 Å². The van der Waals surface area contributed by atoms with Gasteiger partial charge in [0.15, 0.2) is 0 Å². The zero-order chi connectivity index (χ0) is 21.2. The lowest BCUT2D eigenvalue weighted by molar-refractivity contribution is -0.132. The third kappa shape index (κ3) is 5.07. The fourth-order valence-electron chi connectivity index (χ4n) is 3.33. The van der Waals surface area contributed by atoms with Gasteiger partial charge in [-0.25, -0.2) is 12.8 Å². The van der Waals surface area contributed by atoms with Gasteiger partial charge in [0.2, 0.25) is 15.9 Å². The van der Waals surface area contributed by atoms with E-state index in [-0.39, 0.29) is 10.8 Å². The van der Waals surface area contributed by atoms with Crippen molar-refractivity contribution in [1.29, 1.82) is 0 Å². The van der Waals surface area contributed by atoms with Crippen LogP contribution in [0.3, 0.4) is 0 Å². The number of amides is 1. The van der Waals surface area contributed by atoms with Crippen molar-refractivity contribution in [3.8, 4) is 0 Å². The van der Waals surface area contributed by atoms with Crippen LogP contribution >= 0.6 is 11.6 Å². The van der Waals surface area contributed by atoms with Gasteiger partial charge in [-0.05, 0) is 55.8 Å². The van der Waals surface area contributed by atoms with Gasteiger partial charge in [0.25, 0.3) is 0 Å². The normalized spacial score (nSPS) is 16.0. The molecule has 0 saturated carbocycles. The summed E-state index contributed by atoms with van der Waals surface area (Å²) in [6.07, 6.45) is 0. The molecule has 1 fully saturated rings. The number of carbonyl (C=O) groups excluding carboxylic acids is 1. The van der Waals surface area contributed by atoms with Gasteiger partial charge in [-0.2, -0.15) is 4.72 Å². The largest absolute Gasteiger partial charge is 0.368 e. The molecule has 6 nitrogen and oxygen atoms in total. The monoisotopic (exact) mass is 439 g/mol. The van der Waals surface area contributed by atoms with Gasteiger partial charge in [-0.3, -0.25) is 4.79 Å². The predicted molar refractivity (Wildman–Crippen MR) is 111 cm³/mol. The quantitative estimate of drug-likeness (QED) is 0.777. The smallest absolute Gasteiger partial charge is 0.241 e. The number of hydrogen-bond acceptors (Lipinski definition) is 4. The number of piperazine rings is 1. The molecule has 156 valence electrons. The molecule has 1 aliphatic rings. The van der Waals surface area contributed by atoms with Crippen molar-refractivity contribution in [3.05, 3.63) is 58.9 Å². The Kier molecular flexibility index (Phi) is 6.45. The molecule has 0 bridgehead atoms. The van der Waals surface area contributed by atoms with Gasteiger partial charge in [-0.1, -0.05) is 17.7 Å². The molecule has 1 saturated heterocycles. The second-order valence-electron chi connectivity index (χ2n) is 7.04. The molecule has 1 atom stereocenters. The van der Waals surface area contributed by atoms with E-state index in [1.807, 2.05) is 25.1 Å². The van der Waals surface area contributed by atoms with Crippen LogP contribution in [-0.4, -0.2) is 51.4 Å². The summed E-state index contributed by atoms with van der Waals surface area (Å²) in [5.74, 6) is -0.820. The fraction of sp³-hybridized carbons (Fsp3) is 0.350. The number of hydrogen-bond donors (Lipinski definition) is 1. The zero-order valence-electron chi connectivity index (χ0n) is 16.2. The average Bonchev–Trinajstić information content (AvgIpc) is 2.69. The van der Waals surface area contributed by atoms with E-state index in [9.17, 15) is 17.6 Å². The highest BCUT2D eigenvalue weighted by molar-refractivity contribution is 7.89. The molecular formula is C20H23ClFN3O3S. The van der Waals surface area contributed by atoms with E-state index in [2.05, 4.69) is 9.62 Å². The van der Waals surface area contributed by atoms with E-state index >= 15 is 0 Å². The van der Waals surface area contributed by atoms with E-state index in [0.717, 1.165) is 23.4 Å². The van der Waals surface area contributed by atoms with E-state index in [1.165, 1.54) is 19.1 Å². The number of nitrogens with zero attached hydrogens (tertiary/aromatic N) is 2. The van der Waals surface area contributed by atoms with Crippen LogP contribution in [0.25, 0.3) is 0 Å².